The van der Waals surface area contributed by atoms with Crippen molar-refractivity contribution in [2.24, 2.45) is 4.99 Å². The molecule has 7 heteroatoms. The molecule has 0 atom stereocenters. The van der Waals surface area contributed by atoms with Crippen molar-refractivity contribution in [2.45, 2.75) is 31.7 Å². The second kappa shape index (κ2) is 9.82. The van der Waals surface area contributed by atoms with Gasteiger partial charge in [0, 0.05) is 42.1 Å². The van der Waals surface area contributed by atoms with Crippen LogP contribution in [-0.2, 0) is 11.2 Å². The highest BCUT2D eigenvalue weighted by molar-refractivity contribution is 6.41. The molecule has 0 radical (unpaired) electrons. The first-order chi connectivity index (χ1) is 14.6. The van der Waals surface area contributed by atoms with Crippen molar-refractivity contribution in [3.63, 3.8) is 0 Å². The predicted octanol–water partition coefficient (Wildman–Crippen LogP) is 4.67. The van der Waals surface area contributed by atoms with Crippen LogP contribution in [0, 0.1) is 0 Å². The van der Waals surface area contributed by atoms with Gasteiger partial charge in [-0.2, -0.15) is 0 Å². The molecule has 158 valence electrons. The number of ether oxygens (including phenoxy) is 1. The lowest BCUT2D eigenvalue weighted by Gasteiger charge is -2.32. The zero-order chi connectivity index (χ0) is 20.9. The van der Waals surface area contributed by atoms with E-state index in [9.17, 15) is 4.79 Å². The molecule has 5 nitrogen and oxygen atoms in total. The molecule has 2 aromatic carbocycles. The fourth-order valence-electron chi connectivity index (χ4n) is 3.88. The smallest absolute Gasteiger partial charge is 0.266 e. The van der Waals surface area contributed by atoms with Crippen LogP contribution in [0.25, 0.3) is 0 Å². The molecule has 1 N–H and O–H groups in total. The second-order valence-corrected chi connectivity index (χ2v) is 8.63. The highest BCUT2D eigenvalue weighted by Gasteiger charge is 2.25. The summed E-state index contributed by atoms with van der Waals surface area (Å²) < 4.78 is 5.75. The minimum atomic E-state index is -0.0582. The van der Waals surface area contributed by atoms with Crippen LogP contribution in [0.4, 0.5) is 5.69 Å². The summed E-state index contributed by atoms with van der Waals surface area (Å²) >= 11 is 11.9. The van der Waals surface area contributed by atoms with Gasteiger partial charge in [0.2, 0.25) is 0 Å². The molecule has 0 unspecified atom stereocenters. The molecule has 30 heavy (non-hydrogen) atoms. The molecule has 1 fully saturated rings. The number of rotatable bonds is 7. The van der Waals surface area contributed by atoms with E-state index in [0.717, 1.165) is 55.9 Å². The number of nitrogens with one attached hydrogen (secondary N) is 1. The normalized spacial score (nSPS) is 16.8. The Morgan fingerprint density at radius 3 is 2.60 bits per heavy atom. The number of likely N-dealkylation sites (tertiary alicyclic amines) is 1. The topological polar surface area (TPSA) is 53.9 Å². The summed E-state index contributed by atoms with van der Waals surface area (Å²) in [5.74, 6) is 0.789. The summed E-state index contributed by atoms with van der Waals surface area (Å²) in [7, 11) is 0. The summed E-state index contributed by atoms with van der Waals surface area (Å²) in [6.45, 7) is 3.64. The maximum Gasteiger partial charge on any atom is 0.266 e. The number of hydrogen-bond donors (Lipinski definition) is 1. The van der Waals surface area contributed by atoms with Crippen molar-refractivity contribution >= 4 is 40.5 Å². The van der Waals surface area contributed by atoms with Crippen LogP contribution in [-0.4, -0.2) is 48.8 Å². The van der Waals surface area contributed by atoms with Crippen LogP contribution in [0.2, 0.25) is 10.0 Å². The Bertz CT molecular complexity index is 923. The van der Waals surface area contributed by atoms with E-state index in [1.54, 1.807) is 6.07 Å². The Balaban J connectivity index is 1.14. The number of benzene rings is 2. The number of aliphatic imine (C=N–C) groups is 1. The van der Waals surface area contributed by atoms with Crippen LogP contribution >= 0.6 is 23.2 Å². The van der Waals surface area contributed by atoms with Gasteiger partial charge < -0.3 is 15.0 Å². The van der Waals surface area contributed by atoms with Gasteiger partial charge >= 0.3 is 0 Å². The third-order valence-electron chi connectivity index (χ3n) is 5.54. The SMILES string of the molecule is O=C(NC1CCN(CCCOc2ccc(Cl)cc2)CC1)C1=Nc2ccc(Cl)cc2C1. The Morgan fingerprint density at radius 2 is 1.83 bits per heavy atom. The summed E-state index contributed by atoms with van der Waals surface area (Å²) in [6, 6.07) is 13.2. The van der Waals surface area contributed by atoms with Crippen LogP contribution in [0.1, 0.15) is 24.8 Å². The van der Waals surface area contributed by atoms with E-state index in [-0.39, 0.29) is 11.9 Å². The Labute approximate surface area is 187 Å². The van der Waals surface area contributed by atoms with E-state index >= 15 is 0 Å². The molecule has 0 aliphatic carbocycles. The van der Waals surface area contributed by atoms with Crippen molar-refractivity contribution in [3.8, 4) is 5.75 Å². The molecule has 0 spiro atoms. The summed E-state index contributed by atoms with van der Waals surface area (Å²) in [5, 5.41) is 4.55. The molecule has 4 rings (SSSR count). The first-order valence-electron chi connectivity index (χ1n) is 10.3. The lowest BCUT2D eigenvalue weighted by atomic mass is 10.0. The minimum Gasteiger partial charge on any atom is -0.494 e. The number of carbonyl (C=O) groups excluding carboxylic acids is 1. The largest absolute Gasteiger partial charge is 0.494 e. The molecule has 1 amide bonds. The maximum absolute atomic E-state index is 12.6. The molecule has 2 heterocycles. The van der Waals surface area contributed by atoms with Crippen molar-refractivity contribution in [3.05, 3.63) is 58.1 Å². The number of nitrogens with zero attached hydrogens (tertiary/aromatic N) is 2. The van der Waals surface area contributed by atoms with Crippen LogP contribution in [0.3, 0.4) is 0 Å². The van der Waals surface area contributed by atoms with E-state index in [1.165, 1.54) is 0 Å². The van der Waals surface area contributed by atoms with Crippen LogP contribution in [0.5, 0.6) is 5.75 Å². The van der Waals surface area contributed by atoms with Gasteiger partial charge in [0.15, 0.2) is 0 Å². The highest BCUT2D eigenvalue weighted by atomic mass is 35.5. The fourth-order valence-corrected chi connectivity index (χ4v) is 4.20. The molecule has 2 aliphatic heterocycles. The van der Waals surface area contributed by atoms with Crippen molar-refractivity contribution < 1.29 is 9.53 Å². The Morgan fingerprint density at radius 1 is 1.10 bits per heavy atom. The van der Waals surface area contributed by atoms with E-state index in [2.05, 4.69) is 15.2 Å². The first-order valence-corrected chi connectivity index (χ1v) is 11.1. The molecule has 0 aromatic heterocycles. The fraction of sp³-hybridized carbons (Fsp3) is 0.391. The number of carbonyl (C=O) groups is 1. The number of halogens is 2. The molecule has 0 bridgehead atoms. The molecule has 2 aromatic rings. The Hall–Kier alpha value is -2.08. The average molecular weight is 446 g/mol. The zero-order valence-electron chi connectivity index (χ0n) is 16.7. The van der Waals surface area contributed by atoms with Crippen molar-refractivity contribution in [1.82, 2.24) is 10.2 Å². The molecule has 2 aliphatic rings. The molecule has 0 saturated carbocycles. The van der Waals surface area contributed by atoms with E-state index in [4.69, 9.17) is 27.9 Å². The monoisotopic (exact) mass is 445 g/mol. The van der Waals surface area contributed by atoms with E-state index < -0.39 is 0 Å². The third kappa shape index (κ3) is 5.54. The molecule has 1 saturated heterocycles. The lowest BCUT2D eigenvalue weighted by molar-refractivity contribution is -0.115. The number of amides is 1. The van der Waals surface area contributed by atoms with Gasteiger partial charge in [0.25, 0.3) is 5.91 Å². The third-order valence-corrected chi connectivity index (χ3v) is 6.03. The quantitative estimate of drug-likeness (QED) is 0.629. The molecular formula is C23H25Cl2N3O2. The van der Waals surface area contributed by atoms with E-state index in [0.29, 0.717) is 28.8 Å². The average Bonchev–Trinajstić information content (AvgIpc) is 3.17. The van der Waals surface area contributed by atoms with Crippen molar-refractivity contribution in [1.29, 1.82) is 0 Å². The van der Waals surface area contributed by atoms with Gasteiger partial charge in [0.05, 0.1) is 12.3 Å². The maximum atomic E-state index is 12.6. The van der Waals surface area contributed by atoms with Gasteiger partial charge in [-0.1, -0.05) is 23.2 Å². The van der Waals surface area contributed by atoms with Crippen LogP contribution < -0.4 is 10.1 Å². The Kier molecular flexibility index (Phi) is 6.93. The first kappa shape index (κ1) is 21.2. The van der Waals surface area contributed by atoms with Gasteiger partial charge in [-0.05, 0) is 67.3 Å². The number of piperidine rings is 1. The summed E-state index contributed by atoms with van der Waals surface area (Å²) in [5.41, 5.74) is 2.44. The van der Waals surface area contributed by atoms with Gasteiger partial charge in [-0.3, -0.25) is 4.79 Å². The zero-order valence-corrected chi connectivity index (χ0v) is 18.3. The van der Waals surface area contributed by atoms with E-state index in [1.807, 2.05) is 36.4 Å². The van der Waals surface area contributed by atoms with Gasteiger partial charge in [-0.15, -0.1) is 0 Å². The highest BCUT2D eigenvalue weighted by Crippen LogP contribution is 2.29. The van der Waals surface area contributed by atoms with Gasteiger partial charge in [-0.25, -0.2) is 4.99 Å². The summed E-state index contributed by atoms with van der Waals surface area (Å²) in [4.78, 5) is 19.5. The number of fused-ring (bicyclic) bond motifs is 1. The number of hydrogen-bond acceptors (Lipinski definition) is 4. The summed E-state index contributed by atoms with van der Waals surface area (Å²) in [6.07, 6.45) is 3.43. The lowest BCUT2D eigenvalue weighted by Crippen LogP contribution is -2.46. The predicted molar refractivity (Wildman–Crippen MR) is 121 cm³/mol. The van der Waals surface area contributed by atoms with Crippen molar-refractivity contribution in [2.75, 3.05) is 26.2 Å². The standard InChI is InChI=1S/C23H25Cl2N3O2/c24-17-2-5-20(6-3-17)30-13-1-10-28-11-8-19(9-12-28)26-23(29)22-15-16-14-18(25)4-7-21(16)27-22/h2-7,14,19H,1,8-13,15H2,(H,26,29). The van der Waals surface area contributed by atoms with Gasteiger partial charge in [0.1, 0.15) is 11.5 Å². The minimum absolute atomic E-state index is 0.0582. The molecular weight excluding hydrogens is 421 g/mol. The second-order valence-electron chi connectivity index (χ2n) is 7.75. The van der Waals surface area contributed by atoms with Crippen LogP contribution in [0.15, 0.2) is 47.5 Å².